The molecule has 0 spiro atoms. The summed E-state index contributed by atoms with van der Waals surface area (Å²) < 4.78 is 22.6. The van der Waals surface area contributed by atoms with Gasteiger partial charge in [-0.1, -0.05) is 13.8 Å². The van der Waals surface area contributed by atoms with Gasteiger partial charge in [0.2, 0.25) is 0 Å². The van der Waals surface area contributed by atoms with Gasteiger partial charge < -0.3 is 15.3 Å². The van der Waals surface area contributed by atoms with Crippen molar-refractivity contribution in [3.63, 3.8) is 0 Å². The molecule has 1 heterocycles. The molecule has 0 aliphatic carbocycles. The van der Waals surface area contributed by atoms with E-state index in [2.05, 4.69) is 24.1 Å². The molecule has 0 amide bonds. The quantitative estimate of drug-likeness (QED) is 0.647. The van der Waals surface area contributed by atoms with Crippen molar-refractivity contribution in [1.82, 2.24) is 10.2 Å². The van der Waals surface area contributed by atoms with Gasteiger partial charge in [-0.15, -0.1) is 0 Å². The van der Waals surface area contributed by atoms with E-state index >= 15 is 0 Å². The number of aliphatic hydroxyl groups excluding tert-OH is 1. The first-order valence-corrected chi connectivity index (χ1v) is 8.15. The summed E-state index contributed by atoms with van der Waals surface area (Å²) in [6, 6.07) is -0.291. The molecule has 0 saturated carbocycles. The SMILES string of the molecule is CCCN(CC)CCNC1CS(=O)(=O)CC1O. The minimum absolute atomic E-state index is 0.0636. The molecule has 0 bridgehead atoms. The van der Waals surface area contributed by atoms with Crippen LogP contribution in [0.15, 0.2) is 0 Å². The van der Waals surface area contributed by atoms with Crippen molar-refractivity contribution >= 4 is 9.84 Å². The van der Waals surface area contributed by atoms with Gasteiger partial charge in [-0.2, -0.15) is 0 Å². The molecule has 102 valence electrons. The third kappa shape index (κ3) is 4.91. The number of aliphatic hydroxyl groups is 1. The highest BCUT2D eigenvalue weighted by Crippen LogP contribution is 2.12. The van der Waals surface area contributed by atoms with Crippen LogP contribution < -0.4 is 5.32 Å². The van der Waals surface area contributed by atoms with Crippen LogP contribution in [0.5, 0.6) is 0 Å². The summed E-state index contributed by atoms with van der Waals surface area (Å²) in [4.78, 5) is 2.31. The van der Waals surface area contributed by atoms with E-state index in [0.29, 0.717) is 0 Å². The maximum absolute atomic E-state index is 11.3. The molecule has 1 saturated heterocycles. The fourth-order valence-electron chi connectivity index (χ4n) is 2.18. The Labute approximate surface area is 104 Å². The van der Waals surface area contributed by atoms with Gasteiger partial charge in [-0.05, 0) is 19.5 Å². The summed E-state index contributed by atoms with van der Waals surface area (Å²) in [5.41, 5.74) is 0. The Bertz CT molecular complexity index is 319. The Morgan fingerprint density at radius 2 is 2.00 bits per heavy atom. The predicted molar refractivity (Wildman–Crippen MR) is 68.9 cm³/mol. The topological polar surface area (TPSA) is 69.6 Å². The minimum atomic E-state index is -3.04. The Morgan fingerprint density at radius 3 is 2.47 bits per heavy atom. The lowest BCUT2D eigenvalue weighted by atomic mass is 10.2. The standard InChI is InChI=1S/C11H24N2O3S/c1-3-6-13(4-2)7-5-12-10-8-17(15,16)9-11(10)14/h10-12,14H,3-9H2,1-2H3. The second kappa shape index (κ2) is 6.68. The van der Waals surface area contributed by atoms with Gasteiger partial charge in [0.25, 0.3) is 0 Å². The molecular formula is C11H24N2O3S. The number of sulfone groups is 1. The molecule has 0 aromatic rings. The molecule has 2 unspecified atom stereocenters. The second-order valence-electron chi connectivity index (χ2n) is 4.64. The highest BCUT2D eigenvalue weighted by molar-refractivity contribution is 7.91. The van der Waals surface area contributed by atoms with E-state index in [9.17, 15) is 13.5 Å². The molecule has 1 aliphatic rings. The summed E-state index contributed by atoms with van der Waals surface area (Å²) in [7, 11) is -3.04. The van der Waals surface area contributed by atoms with Crippen LogP contribution in [0.2, 0.25) is 0 Å². The maximum atomic E-state index is 11.3. The molecule has 1 aliphatic heterocycles. The van der Waals surface area contributed by atoms with E-state index in [1.54, 1.807) is 0 Å². The predicted octanol–water partition coefficient (Wildman–Crippen LogP) is -0.534. The van der Waals surface area contributed by atoms with Gasteiger partial charge >= 0.3 is 0 Å². The third-order valence-electron chi connectivity index (χ3n) is 3.14. The van der Waals surface area contributed by atoms with Crippen molar-refractivity contribution in [2.24, 2.45) is 0 Å². The molecule has 2 N–H and O–H groups in total. The molecule has 1 fully saturated rings. The number of nitrogens with one attached hydrogen (secondary N) is 1. The summed E-state index contributed by atoms with van der Waals surface area (Å²) in [6.07, 6.45) is 0.370. The smallest absolute Gasteiger partial charge is 0.154 e. The normalized spacial score (nSPS) is 27.8. The van der Waals surface area contributed by atoms with Gasteiger partial charge in [-0.3, -0.25) is 0 Å². The summed E-state index contributed by atoms with van der Waals surface area (Å²) in [5, 5.41) is 12.7. The first-order valence-electron chi connectivity index (χ1n) is 6.32. The van der Waals surface area contributed by atoms with Crippen molar-refractivity contribution in [2.45, 2.75) is 32.4 Å². The molecule has 0 radical (unpaired) electrons. The van der Waals surface area contributed by atoms with Crippen LogP contribution in [-0.4, -0.2) is 68.3 Å². The van der Waals surface area contributed by atoms with Gasteiger partial charge in [0.1, 0.15) is 0 Å². The van der Waals surface area contributed by atoms with Crippen LogP contribution in [0, 0.1) is 0 Å². The van der Waals surface area contributed by atoms with Crippen molar-refractivity contribution in [2.75, 3.05) is 37.7 Å². The van der Waals surface area contributed by atoms with Crippen molar-refractivity contribution in [3.8, 4) is 0 Å². The first-order chi connectivity index (χ1) is 7.98. The van der Waals surface area contributed by atoms with Crippen LogP contribution in [-0.2, 0) is 9.84 Å². The monoisotopic (exact) mass is 264 g/mol. The fourth-order valence-corrected chi connectivity index (χ4v) is 3.95. The second-order valence-corrected chi connectivity index (χ2v) is 6.79. The van der Waals surface area contributed by atoms with E-state index in [1.807, 2.05) is 0 Å². The molecule has 6 heteroatoms. The van der Waals surface area contributed by atoms with Crippen LogP contribution in [0.4, 0.5) is 0 Å². The van der Waals surface area contributed by atoms with Gasteiger partial charge in [0, 0.05) is 19.1 Å². The van der Waals surface area contributed by atoms with E-state index in [4.69, 9.17) is 0 Å². The highest BCUT2D eigenvalue weighted by Gasteiger charge is 2.35. The largest absolute Gasteiger partial charge is 0.390 e. The van der Waals surface area contributed by atoms with Crippen molar-refractivity contribution < 1.29 is 13.5 Å². The Balaban J connectivity index is 2.27. The summed E-state index contributed by atoms with van der Waals surface area (Å²) in [5.74, 6) is -0.0365. The molecule has 5 nitrogen and oxygen atoms in total. The summed E-state index contributed by atoms with van der Waals surface area (Å²) in [6.45, 7) is 7.94. The average molecular weight is 264 g/mol. The first kappa shape index (κ1) is 14.9. The number of nitrogens with zero attached hydrogens (tertiary/aromatic N) is 1. The number of rotatable bonds is 7. The molecule has 1 rings (SSSR count). The van der Waals surface area contributed by atoms with Crippen LogP contribution in [0.1, 0.15) is 20.3 Å². The van der Waals surface area contributed by atoms with Crippen LogP contribution in [0.3, 0.4) is 0 Å². The van der Waals surface area contributed by atoms with Gasteiger partial charge in [0.05, 0.1) is 17.6 Å². The van der Waals surface area contributed by atoms with E-state index < -0.39 is 15.9 Å². The van der Waals surface area contributed by atoms with Gasteiger partial charge in [0.15, 0.2) is 9.84 Å². The van der Waals surface area contributed by atoms with Gasteiger partial charge in [-0.25, -0.2) is 8.42 Å². The number of hydrogen-bond donors (Lipinski definition) is 2. The Kier molecular flexibility index (Phi) is 5.85. The summed E-state index contributed by atoms with van der Waals surface area (Å²) >= 11 is 0. The van der Waals surface area contributed by atoms with Crippen LogP contribution >= 0.6 is 0 Å². The molecule has 17 heavy (non-hydrogen) atoms. The van der Waals surface area contributed by atoms with Crippen molar-refractivity contribution in [3.05, 3.63) is 0 Å². The number of hydrogen-bond acceptors (Lipinski definition) is 5. The molecule has 2 atom stereocenters. The zero-order valence-corrected chi connectivity index (χ0v) is 11.5. The molecular weight excluding hydrogens is 240 g/mol. The van der Waals surface area contributed by atoms with E-state index in [0.717, 1.165) is 32.6 Å². The number of likely N-dealkylation sites (N-methyl/N-ethyl adjacent to an activating group) is 1. The van der Waals surface area contributed by atoms with Crippen LogP contribution in [0.25, 0.3) is 0 Å². The zero-order chi connectivity index (χ0) is 12.9. The third-order valence-corrected chi connectivity index (χ3v) is 4.86. The lowest BCUT2D eigenvalue weighted by Gasteiger charge is -2.21. The average Bonchev–Trinajstić information content (AvgIpc) is 2.50. The lowest BCUT2D eigenvalue weighted by Crippen LogP contribution is -2.43. The zero-order valence-electron chi connectivity index (χ0n) is 10.7. The minimum Gasteiger partial charge on any atom is -0.390 e. The van der Waals surface area contributed by atoms with E-state index in [1.165, 1.54) is 0 Å². The van der Waals surface area contributed by atoms with E-state index in [-0.39, 0.29) is 17.5 Å². The fraction of sp³-hybridized carbons (Fsp3) is 1.00. The Hall–Kier alpha value is -0.170. The van der Waals surface area contributed by atoms with Crippen molar-refractivity contribution in [1.29, 1.82) is 0 Å². The molecule has 0 aromatic heterocycles. The maximum Gasteiger partial charge on any atom is 0.154 e. The Morgan fingerprint density at radius 1 is 1.29 bits per heavy atom. The highest BCUT2D eigenvalue weighted by atomic mass is 32.2. The molecule has 0 aromatic carbocycles. The lowest BCUT2D eigenvalue weighted by molar-refractivity contribution is 0.162.